The molecule has 0 aliphatic heterocycles. The molecule has 142 valence electrons. The van der Waals surface area contributed by atoms with Crippen LogP contribution in [-0.4, -0.2) is 32.8 Å². The molecule has 3 rings (SSSR count). The molecule has 2 aromatic carbocycles. The second-order valence-corrected chi connectivity index (χ2v) is 6.10. The molecule has 0 bridgehead atoms. The first-order valence-corrected chi connectivity index (χ1v) is 8.70. The molecule has 0 saturated carbocycles. The first-order valence-electron chi connectivity index (χ1n) is 8.29. The van der Waals surface area contributed by atoms with Gasteiger partial charge in [-0.05, 0) is 25.2 Å². The number of non-ortho nitro benzene ring substituents is 1. The number of aromatic nitrogens is 2. The Morgan fingerprint density at radius 1 is 1.25 bits per heavy atom. The van der Waals surface area contributed by atoms with Crippen molar-refractivity contribution in [1.29, 1.82) is 0 Å². The van der Waals surface area contributed by atoms with Crippen LogP contribution < -0.4 is 0 Å². The third-order valence-corrected chi connectivity index (χ3v) is 4.24. The Morgan fingerprint density at radius 3 is 2.61 bits per heavy atom. The van der Waals surface area contributed by atoms with Crippen LogP contribution in [0.5, 0.6) is 0 Å². The van der Waals surface area contributed by atoms with Gasteiger partial charge in [-0.2, -0.15) is 0 Å². The van der Waals surface area contributed by atoms with Crippen molar-refractivity contribution in [3.8, 4) is 0 Å². The third kappa shape index (κ3) is 3.74. The minimum absolute atomic E-state index is 0.0863. The van der Waals surface area contributed by atoms with Gasteiger partial charge >= 0.3 is 5.97 Å². The number of hydrogen-bond acceptors (Lipinski definition) is 6. The minimum atomic E-state index is -0.807. The highest BCUT2D eigenvalue weighted by Gasteiger charge is 2.22. The van der Waals surface area contributed by atoms with Crippen molar-refractivity contribution in [3.05, 3.63) is 74.6 Å². The molecule has 0 atom stereocenters. The Hall–Kier alpha value is -3.59. The fourth-order valence-corrected chi connectivity index (χ4v) is 2.90. The zero-order valence-electron chi connectivity index (χ0n) is 14.7. The van der Waals surface area contributed by atoms with Gasteiger partial charge in [0, 0.05) is 23.9 Å². The number of nitrogens with zero attached hydrogens (tertiary/aromatic N) is 2. The molecule has 0 aliphatic rings. The zero-order chi connectivity index (χ0) is 20.3. The van der Waals surface area contributed by atoms with Crippen LogP contribution in [0.15, 0.2) is 54.1 Å². The lowest BCUT2D eigenvalue weighted by Gasteiger charge is -2.07. The highest BCUT2D eigenvalue weighted by Crippen LogP contribution is 2.22. The maximum Gasteiger partial charge on any atom is 0.343 e. The summed E-state index contributed by atoms with van der Waals surface area (Å²) in [5, 5.41) is 11.1. The lowest BCUT2D eigenvalue weighted by Crippen LogP contribution is -2.17. The smallest absolute Gasteiger partial charge is 0.343 e. The molecule has 0 fully saturated rings. The van der Waals surface area contributed by atoms with E-state index in [1.54, 1.807) is 37.3 Å². The molecule has 1 heterocycles. The summed E-state index contributed by atoms with van der Waals surface area (Å²) in [5.41, 5.74) is 0.815. The van der Waals surface area contributed by atoms with Gasteiger partial charge in [0.2, 0.25) is 5.78 Å². The van der Waals surface area contributed by atoms with Crippen molar-refractivity contribution in [1.82, 2.24) is 9.55 Å². The van der Waals surface area contributed by atoms with E-state index >= 15 is 0 Å². The number of imidazole rings is 1. The molecule has 0 amide bonds. The van der Waals surface area contributed by atoms with E-state index in [1.165, 1.54) is 29.0 Å². The van der Waals surface area contributed by atoms with Gasteiger partial charge in [-0.3, -0.25) is 19.5 Å². The molecule has 1 N–H and O–H groups in total. The number of ketones is 1. The molecule has 0 spiro atoms. The fraction of sp³-hybridized carbons (Fsp3) is 0.105. The summed E-state index contributed by atoms with van der Waals surface area (Å²) in [6.07, 6.45) is 1.25. The summed E-state index contributed by atoms with van der Waals surface area (Å²) in [4.78, 5) is 38.8. The van der Waals surface area contributed by atoms with E-state index in [4.69, 9.17) is 17.0 Å². The molecule has 8 nitrogen and oxygen atoms in total. The molecular formula is C19H15N3O5S. The Bertz CT molecular complexity index is 1160. The molecular weight excluding hydrogens is 382 g/mol. The molecule has 0 radical (unpaired) electrons. The van der Waals surface area contributed by atoms with Crippen LogP contribution in [0.4, 0.5) is 5.69 Å². The van der Waals surface area contributed by atoms with E-state index in [0.29, 0.717) is 16.6 Å². The predicted molar refractivity (Wildman–Crippen MR) is 105 cm³/mol. The largest absolute Gasteiger partial charge is 0.462 e. The molecule has 1 aromatic heterocycles. The maximum absolute atomic E-state index is 12.9. The SMILES string of the molecule is CCOC(=O)/C(=C\n1c(=S)[nH]c2ccc([N+](=O)[O-])cc21)C(=O)c1ccccc1. The average Bonchev–Trinajstić information content (AvgIpc) is 3.00. The first kappa shape index (κ1) is 19.2. The molecule has 0 aliphatic carbocycles. The maximum atomic E-state index is 12.9. The lowest BCUT2D eigenvalue weighted by molar-refractivity contribution is -0.384. The Balaban J connectivity index is 2.20. The summed E-state index contributed by atoms with van der Waals surface area (Å²) in [5.74, 6) is -1.35. The van der Waals surface area contributed by atoms with Crippen molar-refractivity contribution in [2.75, 3.05) is 6.61 Å². The number of benzene rings is 2. The van der Waals surface area contributed by atoms with E-state index in [9.17, 15) is 19.7 Å². The number of Topliss-reactive ketones (excluding diaryl/α,β-unsaturated/α-hetero) is 1. The van der Waals surface area contributed by atoms with Gasteiger partial charge < -0.3 is 9.72 Å². The Labute approximate surface area is 164 Å². The van der Waals surface area contributed by atoms with Crippen molar-refractivity contribution < 1.29 is 19.2 Å². The molecule has 28 heavy (non-hydrogen) atoms. The summed E-state index contributed by atoms with van der Waals surface area (Å²) in [6, 6.07) is 12.4. The quantitative estimate of drug-likeness (QED) is 0.0988. The van der Waals surface area contributed by atoms with Crippen molar-refractivity contribution in [3.63, 3.8) is 0 Å². The number of nitrogens with one attached hydrogen (secondary N) is 1. The van der Waals surface area contributed by atoms with Gasteiger partial charge in [0.1, 0.15) is 5.57 Å². The monoisotopic (exact) mass is 397 g/mol. The average molecular weight is 397 g/mol. The highest BCUT2D eigenvalue weighted by atomic mass is 32.1. The standard InChI is InChI=1S/C19H15N3O5S/c1-2-27-18(24)14(17(23)12-6-4-3-5-7-12)11-21-16-10-13(22(25)26)8-9-15(16)20-19(21)28/h3-11H,2H2,1H3,(H,20,28)/b14-11-. The summed E-state index contributed by atoms with van der Waals surface area (Å²) >= 11 is 5.26. The number of aromatic amines is 1. The number of nitro benzene ring substituents is 1. The van der Waals surface area contributed by atoms with Crippen LogP contribution in [0.3, 0.4) is 0 Å². The fourth-order valence-electron chi connectivity index (χ4n) is 2.64. The number of esters is 1. The van der Waals surface area contributed by atoms with Crippen molar-refractivity contribution in [2.45, 2.75) is 6.92 Å². The van der Waals surface area contributed by atoms with Gasteiger partial charge in [0.05, 0.1) is 22.6 Å². The minimum Gasteiger partial charge on any atom is -0.462 e. The number of H-pyrrole nitrogens is 1. The lowest BCUT2D eigenvalue weighted by atomic mass is 10.0. The molecule has 0 saturated heterocycles. The summed E-state index contributed by atoms with van der Waals surface area (Å²) in [7, 11) is 0. The highest BCUT2D eigenvalue weighted by molar-refractivity contribution is 7.71. The summed E-state index contributed by atoms with van der Waals surface area (Å²) in [6.45, 7) is 1.71. The van der Waals surface area contributed by atoms with Gasteiger partial charge in [-0.15, -0.1) is 0 Å². The van der Waals surface area contributed by atoms with Crippen LogP contribution in [0.1, 0.15) is 17.3 Å². The number of hydrogen-bond donors (Lipinski definition) is 1. The summed E-state index contributed by atoms with van der Waals surface area (Å²) < 4.78 is 6.55. The van der Waals surface area contributed by atoms with E-state index in [1.807, 2.05) is 0 Å². The molecule has 3 aromatic rings. The second kappa shape index (κ2) is 7.97. The van der Waals surface area contributed by atoms with Crippen molar-refractivity contribution >= 4 is 46.9 Å². The molecule has 0 unspecified atom stereocenters. The number of ether oxygens (including phenoxy) is 1. The van der Waals surface area contributed by atoms with Crippen LogP contribution in [-0.2, 0) is 9.53 Å². The predicted octanol–water partition coefficient (Wildman–Crippen LogP) is 3.89. The zero-order valence-corrected chi connectivity index (χ0v) is 15.6. The van der Waals surface area contributed by atoms with Crippen LogP contribution in [0, 0.1) is 14.9 Å². The van der Waals surface area contributed by atoms with E-state index in [2.05, 4.69) is 4.98 Å². The van der Waals surface area contributed by atoms with Gasteiger partial charge in [0.15, 0.2) is 4.77 Å². The van der Waals surface area contributed by atoms with E-state index in [0.717, 1.165) is 0 Å². The number of nitro groups is 1. The second-order valence-electron chi connectivity index (χ2n) is 5.72. The van der Waals surface area contributed by atoms with Crippen LogP contribution in [0.25, 0.3) is 17.2 Å². The number of rotatable bonds is 6. The number of carbonyl (C=O) groups is 2. The van der Waals surface area contributed by atoms with Gasteiger partial charge in [-0.1, -0.05) is 30.3 Å². The number of carbonyl (C=O) groups excluding carboxylic acids is 2. The molecule has 9 heteroatoms. The normalized spacial score (nSPS) is 11.4. The van der Waals surface area contributed by atoms with E-state index < -0.39 is 16.7 Å². The third-order valence-electron chi connectivity index (χ3n) is 3.95. The topological polar surface area (TPSA) is 107 Å². The van der Waals surface area contributed by atoms with E-state index in [-0.39, 0.29) is 22.6 Å². The van der Waals surface area contributed by atoms with Gasteiger partial charge in [0.25, 0.3) is 5.69 Å². The van der Waals surface area contributed by atoms with Gasteiger partial charge in [-0.25, -0.2) is 4.79 Å². The van der Waals surface area contributed by atoms with Crippen LogP contribution >= 0.6 is 12.2 Å². The number of fused-ring (bicyclic) bond motifs is 1. The Morgan fingerprint density at radius 2 is 1.96 bits per heavy atom. The first-order chi connectivity index (χ1) is 13.4. The van der Waals surface area contributed by atoms with Crippen LogP contribution in [0.2, 0.25) is 0 Å². The Kier molecular flexibility index (Phi) is 5.46. The van der Waals surface area contributed by atoms with Crippen molar-refractivity contribution in [2.24, 2.45) is 0 Å².